The zero-order valence-electron chi connectivity index (χ0n) is 14.5. The molecule has 24 heavy (non-hydrogen) atoms. The van der Waals surface area contributed by atoms with E-state index in [1.807, 2.05) is 13.0 Å². The number of oxazole rings is 1. The number of benzene rings is 1. The molecule has 0 saturated carbocycles. The van der Waals surface area contributed by atoms with Crippen molar-refractivity contribution in [3.8, 4) is 11.5 Å². The van der Waals surface area contributed by atoms with E-state index in [4.69, 9.17) is 4.42 Å². The van der Waals surface area contributed by atoms with Crippen LogP contribution in [0.5, 0.6) is 0 Å². The van der Waals surface area contributed by atoms with Gasteiger partial charge < -0.3 is 9.52 Å². The summed E-state index contributed by atoms with van der Waals surface area (Å²) >= 11 is 0. The van der Waals surface area contributed by atoms with Crippen molar-refractivity contribution in [2.75, 3.05) is 13.1 Å². The van der Waals surface area contributed by atoms with E-state index >= 15 is 0 Å². The van der Waals surface area contributed by atoms with Crippen LogP contribution in [-0.4, -0.2) is 34.0 Å². The molecule has 1 aromatic carbocycles. The number of hydrogen-bond acceptors (Lipinski definition) is 4. The molecule has 2 aromatic rings. The lowest BCUT2D eigenvalue weighted by atomic mass is 9.98. The van der Waals surface area contributed by atoms with Gasteiger partial charge in [-0.3, -0.25) is 9.69 Å². The van der Waals surface area contributed by atoms with E-state index in [1.165, 1.54) is 11.1 Å². The van der Waals surface area contributed by atoms with Crippen molar-refractivity contribution in [1.82, 2.24) is 9.88 Å². The number of hydrogen-bond donors (Lipinski definition) is 1. The zero-order chi connectivity index (χ0) is 17.3. The summed E-state index contributed by atoms with van der Waals surface area (Å²) in [5, 5.41) is 9.22. The van der Waals surface area contributed by atoms with Crippen molar-refractivity contribution in [2.45, 2.75) is 40.2 Å². The van der Waals surface area contributed by atoms with Crippen LogP contribution >= 0.6 is 0 Å². The fourth-order valence-electron chi connectivity index (χ4n) is 3.19. The van der Waals surface area contributed by atoms with E-state index < -0.39 is 5.97 Å². The SMILES string of the molecule is Cc1ccc(-c2nc(CN3CCCC(C(=O)O)C3)c(C)o2)cc1C. The molecule has 1 fully saturated rings. The number of aromatic nitrogens is 1. The van der Waals surface area contributed by atoms with Crippen LogP contribution in [-0.2, 0) is 11.3 Å². The van der Waals surface area contributed by atoms with Gasteiger partial charge in [0, 0.05) is 18.7 Å². The Bertz CT molecular complexity index is 751. The molecule has 1 atom stereocenters. The van der Waals surface area contributed by atoms with Gasteiger partial charge in [-0.25, -0.2) is 4.98 Å². The smallest absolute Gasteiger partial charge is 0.307 e. The lowest BCUT2D eigenvalue weighted by molar-refractivity contribution is -0.143. The maximum atomic E-state index is 11.2. The Balaban J connectivity index is 1.76. The van der Waals surface area contributed by atoms with Crippen LogP contribution in [0.25, 0.3) is 11.5 Å². The number of carboxylic acids is 1. The highest BCUT2D eigenvalue weighted by Crippen LogP contribution is 2.26. The third-order valence-corrected chi connectivity index (χ3v) is 4.87. The Morgan fingerprint density at radius 2 is 2.12 bits per heavy atom. The molecule has 2 heterocycles. The lowest BCUT2D eigenvalue weighted by Crippen LogP contribution is -2.38. The van der Waals surface area contributed by atoms with E-state index in [1.54, 1.807) is 0 Å². The Hall–Kier alpha value is -2.14. The minimum atomic E-state index is -0.701. The quantitative estimate of drug-likeness (QED) is 0.929. The third kappa shape index (κ3) is 3.51. The standard InChI is InChI=1S/C19H24N2O3/c1-12-6-7-15(9-13(12)2)18-20-17(14(3)24-18)11-21-8-4-5-16(10-21)19(22)23/h6-7,9,16H,4-5,8,10-11H2,1-3H3,(H,22,23). The van der Waals surface area contributed by atoms with E-state index in [0.29, 0.717) is 19.0 Å². The van der Waals surface area contributed by atoms with Gasteiger partial charge in [-0.05, 0) is 63.4 Å². The van der Waals surface area contributed by atoms with Gasteiger partial charge in [-0.2, -0.15) is 0 Å². The second-order valence-corrected chi connectivity index (χ2v) is 6.73. The lowest BCUT2D eigenvalue weighted by Gasteiger charge is -2.29. The number of aryl methyl sites for hydroxylation is 3. The van der Waals surface area contributed by atoms with Gasteiger partial charge in [0.05, 0.1) is 11.6 Å². The minimum Gasteiger partial charge on any atom is -0.481 e. The van der Waals surface area contributed by atoms with Gasteiger partial charge >= 0.3 is 5.97 Å². The van der Waals surface area contributed by atoms with Gasteiger partial charge in [0.2, 0.25) is 5.89 Å². The van der Waals surface area contributed by atoms with Gasteiger partial charge in [-0.15, -0.1) is 0 Å². The van der Waals surface area contributed by atoms with Crippen LogP contribution in [0.15, 0.2) is 22.6 Å². The van der Waals surface area contributed by atoms with Crippen LogP contribution in [0, 0.1) is 26.7 Å². The molecule has 1 unspecified atom stereocenters. The van der Waals surface area contributed by atoms with Crippen LogP contribution in [0.3, 0.4) is 0 Å². The second-order valence-electron chi connectivity index (χ2n) is 6.73. The predicted molar refractivity (Wildman–Crippen MR) is 91.8 cm³/mol. The van der Waals surface area contributed by atoms with E-state index in [-0.39, 0.29) is 5.92 Å². The van der Waals surface area contributed by atoms with Crippen molar-refractivity contribution in [2.24, 2.45) is 5.92 Å². The maximum absolute atomic E-state index is 11.2. The molecular formula is C19H24N2O3. The molecule has 1 saturated heterocycles. The maximum Gasteiger partial charge on any atom is 0.307 e. The van der Waals surface area contributed by atoms with E-state index in [2.05, 4.69) is 35.9 Å². The van der Waals surface area contributed by atoms with Crippen LogP contribution in [0.4, 0.5) is 0 Å². The number of rotatable bonds is 4. The highest BCUT2D eigenvalue weighted by atomic mass is 16.4. The molecule has 1 aliphatic rings. The topological polar surface area (TPSA) is 66.6 Å². The van der Waals surface area contributed by atoms with Crippen molar-refractivity contribution in [3.05, 3.63) is 40.8 Å². The molecule has 0 radical (unpaired) electrons. The molecule has 5 nitrogen and oxygen atoms in total. The predicted octanol–water partition coefficient (Wildman–Crippen LogP) is 3.56. The summed E-state index contributed by atoms with van der Waals surface area (Å²) in [5.41, 5.74) is 4.34. The summed E-state index contributed by atoms with van der Waals surface area (Å²) in [6.45, 7) is 8.22. The number of aliphatic carboxylic acids is 1. The molecule has 0 aliphatic carbocycles. The van der Waals surface area contributed by atoms with E-state index in [9.17, 15) is 9.90 Å². The van der Waals surface area contributed by atoms with Gasteiger partial charge in [0.25, 0.3) is 0 Å². The molecule has 1 aromatic heterocycles. The number of piperidine rings is 1. The first kappa shape index (κ1) is 16.7. The highest BCUT2D eigenvalue weighted by molar-refractivity contribution is 5.70. The highest BCUT2D eigenvalue weighted by Gasteiger charge is 2.26. The fourth-order valence-corrected chi connectivity index (χ4v) is 3.19. The summed E-state index contributed by atoms with van der Waals surface area (Å²) in [6, 6.07) is 6.19. The summed E-state index contributed by atoms with van der Waals surface area (Å²) in [6.07, 6.45) is 1.68. The summed E-state index contributed by atoms with van der Waals surface area (Å²) in [4.78, 5) is 18.0. The molecule has 0 bridgehead atoms. The Morgan fingerprint density at radius 1 is 1.33 bits per heavy atom. The molecule has 1 N–H and O–H groups in total. The Kier molecular flexibility index (Phi) is 4.71. The summed E-state index contributed by atoms with van der Waals surface area (Å²) in [5.74, 6) is 0.468. The number of likely N-dealkylation sites (tertiary alicyclic amines) is 1. The van der Waals surface area contributed by atoms with Gasteiger partial charge in [-0.1, -0.05) is 6.07 Å². The van der Waals surface area contributed by atoms with Crippen LogP contribution in [0.2, 0.25) is 0 Å². The van der Waals surface area contributed by atoms with Crippen molar-refractivity contribution >= 4 is 5.97 Å². The number of carbonyl (C=O) groups is 1. The second kappa shape index (κ2) is 6.77. The summed E-state index contributed by atoms with van der Waals surface area (Å²) < 4.78 is 5.86. The molecule has 0 spiro atoms. The van der Waals surface area contributed by atoms with Gasteiger partial charge in [0.1, 0.15) is 5.76 Å². The molecular weight excluding hydrogens is 304 g/mol. The average Bonchev–Trinajstić information content (AvgIpc) is 2.91. The first-order valence-corrected chi connectivity index (χ1v) is 8.43. The van der Waals surface area contributed by atoms with Gasteiger partial charge in [0.15, 0.2) is 0 Å². The monoisotopic (exact) mass is 328 g/mol. The van der Waals surface area contributed by atoms with Crippen molar-refractivity contribution in [3.63, 3.8) is 0 Å². The molecule has 128 valence electrons. The van der Waals surface area contributed by atoms with Crippen molar-refractivity contribution in [1.29, 1.82) is 0 Å². The number of carboxylic acid groups (broad SMARTS) is 1. The Labute approximate surface area is 142 Å². The van der Waals surface area contributed by atoms with Crippen LogP contribution in [0.1, 0.15) is 35.4 Å². The normalized spacial score (nSPS) is 18.7. The molecule has 5 heteroatoms. The third-order valence-electron chi connectivity index (χ3n) is 4.87. The molecule has 3 rings (SSSR count). The first-order chi connectivity index (χ1) is 11.4. The number of nitrogens with zero attached hydrogens (tertiary/aromatic N) is 2. The molecule has 0 amide bonds. The molecule has 1 aliphatic heterocycles. The average molecular weight is 328 g/mol. The van der Waals surface area contributed by atoms with Crippen molar-refractivity contribution < 1.29 is 14.3 Å². The van der Waals surface area contributed by atoms with Crippen LogP contribution < -0.4 is 0 Å². The zero-order valence-corrected chi connectivity index (χ0v) is 14.5. The summed E-state index contributed by atoms with van der Waals surface area (Å²) in [7, 11) is 0. The first-order valence-electron chi connectivity index (χ1n) is 8.43. The largest absolute Gasteiger partial charge is 0.481 e. The Morgan fingerprint density at radius 3 is 2.83 bits per heavy atom. The van der Waals surface area contributed by atoms with E-state index in [0.717, 1.165) is 36.4 Å². The fraction of sp³-hybridized carbons (Fsp3) is 0.474. The minimum absolute atomic E-state index is 0.273.